The van der Waals surface area contributed by atoms with E-state index in [0.717, 1.165) is 32.1 Å². The molecule has 0 radical (unpaired) electrons. The molecule has 0 spiro atoms. The Hall–Kier alpha value is -2.34. The van der Waals surface area contributed by atoms with Gasteiger partial charge in [-0.3, -0.25) is 4.90 Å². The second kappa shape index (κ2) is 8.42. The van der Waals surface area contributed by atoms with Gasteiger partial charge in [-0.1, -0.05) is 44.2 Å². The molecule has 30 heavy (non-hydrogen) atoms. The normalized spacial score (nSPS) is 24.4. The summed E-state index contributed by atoms with van der Waals surface area (Å²) in [6.07, 6.45) is 6.42. The van der Waals surface area contributed by atoms with E-state index in [1.165, 1.54) is 24.0 Å². The Bertz CT molecular complexity index is 977. The van der Waals surface area contributed by atoms with Crippen LogP contribution in [0, 0.1) is 5.41 Å². The molecule has 2 amide bonds. The summed E-state index contributed by atoms with van der Waals surface area (Å²) in [6.45, 7) is 5.00. The molecule has 0 unspecified atom stereocenters. The highest BCUT2D eigenvalue weighted by Crippen LogP contribution is 2.49. The third-order valence-corrected chi connectivity index (χ3v) is 7.99. The molecular formula is C24H32N2O3S. The Morgan fingerprint density at radius 1 is 1.00 bits per heavy atom. The van der Waals surface area contributed by atoms with Gasteiger partial charge in [-0.15, -0.1) is 0 Å². The molecule has 0 bridgehead atoms. The van der Waals surface area contributed by atoms with Crippen LogP contribution in [-0.4, -0.2) is 27.2 Å². The third-order valence-electron chi connectivity index (χ3n) is 6.86. The summed E-state index contributed by atoms with van der Waals surface area (Å²) in [6, 6.07) is 16.6. The Balaban J connectivity index is 1.77. The Morgan fingerprint density at radius 3 is 2.03 bits per heavy atom. The van der Waals surface area contributed by atoms with Crippen molar-refractivity contribution < 1.29 is 13.2 Å². The van der Waals surface area contributed by atoms with E-state index in [-0.39, 0.29) is 15.7 Å². The van der Waals surface area contributed by atoms with Crippen LogP contribution >= 0.6 is 0 Å². The van der Waals surface area contributed by atoms with E-state index in [0.29, 0.717) is 12.2 Å². The highest BCUT2D eigenvalue weighted by molar-refractivity contribution is 7.90. The average Bonchev–Trinajstić information content (AvgIpc) is 2.73. The van der Waals surface area contributed by atoms with Crippen molar-refractivity contribution in [2.45, 2.75) is 56.3 Å². The maximum Gasteiger partial charge on any atom is 0.319 e. The second-order valence-corrected chi connectivity index (χ2v) is 11.0. The molecule has 1 saturated carbocycles. The second-order valence-electron chi connectivity index (χ2n) is 9.00. The molecule has 0 saturated heterocycles. The van der Waals surface area contributed by atoms with Gasteiger partial charge in [0.25, 0.3) is 0 Å². The van der Waals surface area contributed by atoms with Gasteiger partial charge in [-0.25, -0.2) is 13.2 Å². The molecule has 5 nitrogen and oxygen atoms in total. The summed E-state index contributed by atoms with van der Waals surface area (Å²) in [5, 5.41) is 0. The van der Waals surface area contributed by atoms with Crippen molar-refractivity contribution in [2.75, 3.05) is 17.7 Å². The minimum absolute atomic E-state index is 0.0437. The topological polar surface area (TPSA) is 80.5 Å². The number of amides is 2. The average molecular weight is 429 g/mol. The number of rotatable bonds is 6. The standard InChI is InChI=1S/C24H32N2O3S/c1-4-24(19-8-6-5-7-9-19)16-14-23(2,15-17-24)18-26(22(25)27)20-10-12-21(13-11-20)30(3,28)29/h5-13H,4,14-18H2,1-3H3,(H2,25,27). The molecule has 6 heteroatoms. The number of nitrogens with two attached hydrogens (primary N) is 1. The zero-order valence-electron chi connectivity index (χ0n) is 18.1. The molecule has 162 valence electrons. The first kappa shape index (κ1) is 22.3. The van der Waals surface area contributed by atoms with Crippen LogP contribution in [0.4, 0.5) is 10.5 Å². The summed E-state index contributed by atoms with van der Waals surface area (Å²) < 4.78 is 23.4. The van der Waals surface area contributed by atoms with Crippen LogP contribution in [0.25, 0.3) is 0 Å². The van der Waals surface area contributed by atoms with Gasteiger partial charge in [0.05, 0.1) is 4.90 Å². The van der Waals surface area contributed by atoms with Gasteiger partial charge in [0, 0.05) is 18.5 Å². The lowest BCUT2D eigenvalue weighted by molar-refractivity contribution is 0.145. The summed E-state index contributed by atoms with van der Waals surface area (Å²) >= 11 is 0. The van der Waals surface area contributed by atoms with Crippen molar-refractivity contribution in [3.63, 3.8) is 0 Å². The minimum Gasteiger partial charge on any atom is -0.351 e. The van der Waals surface area contributed by atoms with Crippen molar-refractivity contribution in [1.82, 2.24) is 0 Å². The molecular weight excluding hydrogens is 396 g/mol. The molecule has 0 aliphatic heterocycles. The number of benzene rings is 2. The van der Waals surface area contributed by atoms with Crippen molar-refractivity contribution in [2.24, 2.45) is 11.1 Å². The number of urea groups is 1. The number of hydrogen-bond donors (Lipinski definition) is 1. The first-order valence-corrected chi connectivity index (χ1v) is 12.4. The van der Waals surface area contributed by atoms with Crippen LogP contribution in [0.2, 0.25) is 0 Å². The quantitative estimate of drug-likeness (QED) is 0.710. The first-order chi connectivity index (χ1) is 14.1. The van der Waals surface area contributed by atoms with E-state index in [1.807, 2.05) is 0 Å². The lowest BCUT2D eigenvalue weighted by Gasteiger charge is -2.46. The van der Waals surface area contributed by atoms with E-state index in [9.17, 15) is 13.2 Å². The highest BCUT2D eigenvalue weighted by Gasteiger charge is 2.41. The van der Waals surface area contributed by atoms with Gasteiger partial charge in [-0.05, 0) is 72.8 Å². The van der Waals surface area contributed by atoms with Gasteiger partial charge < -0.3 is 5.73 Å². The fraction of sp³-hybridized carbons (Fsp3) is 0.458. The van der Waals surface area contributed by atoms with E-state index >= 15 is 0 Å². The predicted octanol–water partition coefficient (Wildman–Crippen LogP) is 4.90. The molecule has 2 N–H and O–H groups in total. The Labute approximate surface area is 180 Å². The number of nitrogens with zero attached hydrogens (tertiary/aromatic N) is 1. The zero-order chi connectivity index (χ0) is 22.0. The third kappa shape index (κ3) is 4.69. The number of anilines is 1. The largest absolute Gasteiger partial charge is 0.351 e. The smallest absolute Gasteiger partial charge is 0.319 e. The molecule has 0 heterocycles. The van der Waals surface area contributed by atoms with E-state index in [1.54, 1.807) is 17.0 Å². The summed E-state index contributed by atoms with van der Waals surface area (Å²) in [5.74, 6) is 0. The number of sulfone groups is 1. The van der Waals surface area contributed by atoms with Gasteiger partial charge in [0.2, 0.25) is 0 Å². The molecule has 3 rings (SSSR count). The maximum absolute atomic E-state index is 12.2. The van der Waals surface area contributed by atoms with Crippen LogP contribution in [0.15, 0.2) is 59.5 Å². The lowest BCUT2D eigenvalue weighted by Crippen LogP contribution is -2.46. The Morgan fingerprint density at radius 2 is 1.57 bits per heavy atom. The fourth-order valence-corrected chi connectivity index (χ4v) is 5.31. The van der Waals surface area contributed by atoms with Crippen LogP contribution in [0.5, 0.6) is 0 Å². The van der Waals surface area contributed by atoms with E-state index < -0.39 is 15.9 Å². The minimum atomic E-state index is -3.28. The number of carbonyl (C=O) groups is 1. The zero-order valence-corrected chi connectivity index (χ0v) is 18.9. The highest BCUT2D eigenvalue weighted by atomic mass is 32.2. The van der Waals surface area contributed by atoms with Gasteiger partial charge in [-0.2, -0.15) is 0 Å². The van der Waals surface area contributed by atoms with Crippen LogP contribution in [0.3, 0.4) is 0 Å². The maximum atomic E-state index is 12.2. The first-order valence-electron chi connectivity index (χ1n) is 10.5. The SMILES string of the molecule is CCC1(c2ccccc2)CCC(C)(CN(C(N)=O)c2ccc(S(C)(=O)=O)cc2)CC1. The molecule has 1 aliphatic carbocycles. The fourth-order valence-electron chi connectivity index (χ4n) is 4.68. The van der Waals surface area contributed by atoms with Crippen molar-refractivity contribution in [1.29, 1.82) is 0 Å². The number of primary amides is 1. The number of hydrogen-bond acceptors (Lipinski definition) is 3. The van der Waals surface area contributed by atoms with Crippen molar-refractivity contribution in [3.8, 4) is 0 Å². The van der Waals surface area contributed by atoms with Gasteiger partial charge in [0.1, 0.15) is 0 Å². The molecule has 2 aromatic rings. The summed E-state index contributed by atoms with van der Waals surface area (Å²) in [4.78, 5) is 14.0. The van der Waals surface area contributed by atoms with Crippen molar-refractivity contribution in [3.05, 3.63) is 60.2 Å². The molecule has 1 fully saturated rings. The van der Waals surface area contributed by atoms with Crippen LogP contribution < -0.4 is 10.6 Å². The van der Waals surface area contributed by atoms with Crippen LogP contribution in [0.1, 0.15) is 51.5 Å². The lowest BCUT2D eigenvalue weighted by atomic mass is 9.60. The number of carbonyl (C=O) groups excluding carboxylic acids is 1. The molecule has 1 aliphatic rings. The van der Waals surface area contributed by atoms with Gasteiger partial charge >= 0.3 is 6.03 Å². The summed E-state index contributed by atoms with van der Waals surface area (Å²) in [7, 11) is -3.28. The predicted molar refractivity (Wildman–Crippen MR) is 121 cm³/mol. The van der Waals surface area contributed by atoms with E-state index in [2.05, 4.69) is 44.2 Å². The molecule has 2 aromatic carbocycles. The van der Waals surface area contributed by atoms with Gasteiger partial charge in [0.15, 0.2) is 9.84 Å². The molecule has 0 atom stereocenters. The van der Waals surface area contributed by atoms with Crippen LogP contribution in [-0.2, 0) is 15.3 Å². The summed E-state index contributed by atoms with van der Waals surface area (Å²) in [5.41, 5.74) is 7.89. The van der Waals surface area contributed by atoms with Crippen molar-refractivity contribution >= 4 is 21.6 Å². The molecule has 0 aromatic heterocycles. The Kier molecular flexibility index (Phi) is 6.27. The van der Waals surface area contributed by atoms with E-state index in [4.69, 9.17) is 5.73 Å². The monoisotopic (exact) mass is 428 g/mol.